The van der Waals surface area contributed by atoms with Crippen LogP contribution in [0, 0.1) is 17.2 Å². The topological polar surface area (TPSA) is 61.2 Å². The lowest BCUT2D eigenvalue weighted by Gasteiger charge is -2.21. The van der Waals surface area contributed by atoms with Crippen LogP contribution < -0.4 is 0 Å². The highest BCUT2D eigenvalue weighted by atomic mass is 32.2. The van der Waals surface area contributed by atoms with Crippen LogP contribution in [0.3, 0.4) is 0 Å². The van der Waals surface area contributed by atoms with E-state index in [-0.39, 0.29) is 11.8 Å². The molecule has 0 aliphatic carbocycles. The minimum Gasteiger partial charge on any atom is -0.212 e. The first-order chi connectivity index (χ1) is 8.92. The van der Waals surface area contributed by atoms with Crippen LogP contribution in [0.1, 0.15) is 31.4 Å². The summed E-state index contributed by atoms with van der Waals surface area (Å²) in [6.45, 7) is 4.65. The van der Waals surface area contributed by atoms with E-state index in [0.29, 0.717) is 18.0 Å². The minimum absolute atomic E-state index is 0.00969. The lowest BCUT2D eigenvalue weighted by atomic mass is 10.1. The molecule has 19 heavy (non-hydrogen) atoms. The van der Waals surface area contributed by atoms with E-state index >= 15 is 0 Å². The number of rotatable bonds is 3. The van der Waals surface area contributed by atoms with Gasteiger partial charge < -0.3 is 0 Å². The predicted octanol–water partition coefficient (Wildman–Crippen LogP) is 2.12. The van der Waals surface area contributed by atoms with Gasteiger partial charge in [-0.1, -0.05) is 19.1 Å². The van der Waals surface area contributed by atoms with Crippen LogP contribution in [0.4, 0.5) is 0 Å². The van der Waals surface area contributed by atoms with Gasteiger partial charge in [0.25, 0.3) is 0 Å². The van der Waals surface area contributed by atoms with E-state index in [1.165, 1.54) is 0 Å². The van der Waals surface area contributed by atoms with Gasteiger partial charge in [0.1, 0.15) is 0 Å². The lowest BCUT2D eigenvalue weighted by Crippen LogP contribution is -2.34. The summed E-state index contributed by atoms with van der Waals surface area (Å²) in [5.41, 5.74) is 1.27. The van der Waals surface area contributed by atoms with Crippen LogP contribution in [0.15, 0.2) is 24.3 Å². The molecule has 2 rings (SSSR count). The number of nitriles is 1. The molecule has 1 heterocycles. The van der Waals surface area contributed by atoms with Gasteiger partial charge in [0.2, 0.25) is 10.0 Å². The summed E-state index contributed by atoms with van der Waals surface area (Å²) in [4.78, 5) is 0. The van der Waals surface area contributed by atoms with Crippen molar-refractivity contribution in [3.63, 3.8) is 0 Å². The molecule has 102 valence electrons. The normalized spacial score (nSPS) is 24.3. The maximum Gasteiger partial charge on any atom is 0.218 e. The monoisotopic (exact) mass is 278 g/mol. The third-order valence-corrected chi connectivity index (χ3v) is 5.44. The highest BCUT2D eigenvalue weighted by Gasteiger charge is 2.34. The van der Waals surface area contributed by atoms with E-state index in [9.17, 15) is 8.42 Å². The van der Waals surface area contributed by atoms with Gasteiger partial charge in [0.15, 0.2) is 0 Å². The summed E-state index contributed by atoms with van der Waals surface area (Å²) in [5, 5.41) is 8.72. The summed E-state index contributed by atoms with van der Waals surface area (Å²) in [6, 6.07) is 8.83. The Hall–Kier alpha value is -1.38. The highest BCUT2D eigenvalue weighted by molar-refractivity contribution is 7.88. The van der Waals surface area contributed by atoms with Crippen molar-refractivity contribution in [3.8, 4) is 6.07 Å². The Labute approximate surface area is 114 Å². The first kappa shape index (κ1) is 14.0. The highest BCUT2D eigenvalue weighted by Crippen LogP contribution is 2.27. The van der Waals surface area contributed by atoms with E-state index in [2.05, 4.69) is 6.92 Å². The van der Waals surface area contributed by atoms with Crippen molar-refractivity contribution in [2.75, 3.05) is 6.54 Å². The van der Waals surface area contributed by atoms with Crippen molar-refractivity contribution < 1.29 is 8.42 Å². The molecule has 0 radical (unpaired) electrons. The van der Waals surface area contributed by atoms with Gasteiger partial charge in [-0.05, 0) is 37.0 Å². The maximum atomic E-state index is 12.4. The number of hydrogen-bond acceptors (Lipinski definition) is 3. The lowest BCUT2D eigenvalue weighted by molar-refractivity contribution is 0.405. The fourth-order valence-electron chi connectivity index (χ4n) is 2.62. The Kier molecular flexibility index (Phi) is 3.93. The molecular weight excluding hydrogens is 260 g/mol. The van der Waals surface area contributed by atoms with Crippen molar-refractivity contribution in [2.24, 2.45) is 5.92 Å². The zero-order valence-electron chi connectivity index (χ0n) is 11.2. The van der Waals surface area contributed by atoms with Crippen LogP contribution in [0.25, 0.3) is 0 Å². The van der Waals surface area contributed by atoms with Crippen LogP contribution in [0.2, 0.25) is 0 Å². The zero-order chi connectivity index (χ0) is 14.0. The van der Waals surface area contributed by atoms with Crippen molar-refractivity contribution in [1.29, 1.82) is 5.26 Å². The van der Waals surface area contributed by atoms with Crippen molar-refractivity contribution in [2.45, 2.75) is 32.1 Å². The standard InChI is InChI=1S/C14H18N2O2S/c1-11-7-12(2)16(9-11)19(17,18)10-14-5-3-13(8-15)4-6-14/h3-6,11-12H,7,9-10H2,1-2H3. The molecule has 0 amide bonds. The molecule has 5 heteroatoms. The SMILES string of the molecule is CC1CC(C)N(S(=O)(=O)Cc2ccc(C#N)cc2)C1. The molecule has 2 atom stereocenters. The maximum absolute atomic E-state index is 12.4. The summed E-state index contributed by atoms with van der Waals surface area (Å²) in [7, 11) is -3.26. The van der Waals surface area contributed by atoms with Crippen molar-refractivity contribution >= 4 is 10.0 Å². The van der Waals surface area contributed by atoms with E-state index in [4.69, 9.17) is 5.26 Å². The van der Waals surface area contributed by atoms with E-state index in [1.54, 1.807) is 28.6 Å². The molecule has 1 fully saturated rings. The molecule has 1 aromatic carbocycles. The van der Waals surface area contributed by atoms with Crippen LogP contribution in [-0.4, -0.2) is 25.3 Å². The largest absolute Gasteiger partial charge is 0.218 e. The number of benzene rings is 1. The average molecular weight is 278 g/mol. The van der Waals surface area contributed by atoms with Crippen LogP contribution >= 0.6 is 0 Å². The fourth-order valence-corrected chi connectivity index (χ4v) is 4.51. The van der Waals surface area contributed by atoms with Crippen molar-refractivity contribution in [3.05, 3.63) is 35.4 Å². The smallest absolute Gasteiger partial charge is 0.212 e. The second-order valence-corrected chi connectivity index (χ2v) is 7.25. The molecule has 2 unspecified atom stereocenters. The molecular formula is C14H18N2O2S. The third-order valence-electron chi connectivity index (χ3n) is 3.52. The van der Waals surface area contributed by atoms with Gasteiger partial charge >= 0.3 is 0 Å². The molecule has 0 bridgehead atoms. The molecule has 0 N–H and O–H groups in total. The predicted molar refractivity (Wildman–Crippen MR) is 73.7 cm³/mol. The molecule has 1 aliphatic rings. The molecule has 1 aliphatic heterocycles. The Bertz CT molecular complexity index is 587. The van der Waals surface area contributed by atoms with Gasteiger partial charge in [0.05, 0.1) is 17.4 Å². The summed E-state index contributed by atoms with van der Waals surface area (Å²) in [6.07, 6.45) is 0.923. The Morgan fingerprint density at radius 1 is 1.32 bits per heavy atom. The minimum atomic E-state index is -3.26. The quantitative estimate of drug-likeness (QED) is 0.851. The Morgan fingerprint density at radius 2 is 1.95 bits per heavy atom. The van der Waals surface area contributed by atoms with Crippen LogP contribution in [-0.2, 0) is 15.8 Å². The zero-order valence-corrected chi connectivity index (χ0v) is 12.0. The van der Waals surface area contributed by atoms with Gasteiger partial charge in [-0.2, -0.15) is 9.57 Å². The molecule has 1 saturated heterocycles. The van der Waals surface area contributed by atoms with E-state index in [1.807, 2.05) is 13.0 Å². The molecule has 0 saturated carbocycles. The summed E-state index contributed by atoms with van der Waals surface area (Å²) in [5.74, 6) is 0.432. The van der Waals surface area contributed by atoms with E-state index in [0.717, 1.165) is 12.0 Å². The number of nitrogens with zero attached hydrogens (tertiary/aromatic N) is 2. The van der Waals surface area contributed by atoms with Crippen LogP contribution in [0.5, 0.6) is 0 Å². The fraction of sp³-hybridized carbons (Fsp3) is 0.500. The van der Waals surface area contributed by atoms with Gasteiger partial charge in [-0.3, -0.25) is 0 Å². The first-order valence-corrected chi connectivity index (χ1v) is 8.02. The van der Waals surface area contributed by atoms with E-state index < -0.39 is 10.0 Å². The average Bonchev–Trinajstić information content (AvgIpc) is 2.70. The number of hydrogen-bond donors (Lipinski definition) is 0. The molecule has 1 aromatic rings. The second kappa shape index (κ2) is 5.32. The van der Waals surface area contributed by atoms with Gasteiger partial charge in [-0.15, -0.1) is 0 Å². The third kappa shape index (κ3) is 3.14. The Morgan fingerprint density at radius 3 is 2.42 bits per heavy atom. The number of sulfonamides is 1. The molecule has 0 aromatic heterocycles. The Balaban J connectivity index is 2.15. The second-order valence-electron chi connectivity index (χ2n) is 5.32. The van der Waals surface area contributed by atoms with Crippen molar-refractivity contribution in [1.82, 2.24) is 4.31 Å². The van der Waals surface area contributed by atoms with Gasteiger partial charge in [-0.25, -0.2) is 8.42 Å². The summed E-state index contributed by atoms with van der Waals surface area (Å²) < 4.78 is 26.4. The molecule has 0 spiro atoms. The first-order valence-electron chi connectivity index (χ1n) is 6.41. The molecule has 4 nitrogen and oxygen atoms in total. The van der Waals surface area contributed by atoms with Gasteiger partial charge in [0, 0.05) is 12.6 Å². The summed E-state index contributed by atoms with van der Waals surface area (Å²) >= 11 is 0.